The van der Waals surface area contributed by atoms with E-state index in [1.165, 1.54) is 12.1 Å². The van der Waals surface area contributed by atoms with Crippen molar-refractivity contribution in [3.8, 4) is 0 Å². The summed E-state index contributed by atoms with van der Waals surface area (Å²) < 4.78 is 19.0. The van der Waals surface area contributed by atoms with Gasteiger partial charge in [-0.2, -0.15) is 0 Å². The Hall–Kier alpha value is -1.88. The van der Waals surface area contributed by atoms with Crippen LogP contribution >= 0.6 is 11.6 Å². The van der Waals surface area contributed by atoms with Crippen LogP contribution in [0.3, 0.4) is 0 Å². The summed E-state index contributed by atoms with van der Waals surface area (Å²) in [5.74, 6) is 6.02. The van der Waals surface area contributed by atoms with E-state index < -0.39 is 0 Å². The van der Waals surface area contributed by atoms with Crippen molar-refractivity contribution in [3.05, 3.63) is 70.7 Å². The number of furan rings is 1. The van der Waals surface area contributed by atoms with Gasteiger partial charge in [-0.15, -0.1) is 0 Å². The van der Waals surface area contributed by atoms with Gasteiger partial charge in [-0.3, -0.25) is 5.84 Å². The standard InChI is InChI=1S/C16H14ClFN2O/c17-13-6-2-4-11-9-15(21-16(11)13)14(20-19)8-10-3-1-5-12(18)7-10/h1-7,9,14,20H,8,19H2. The fourth-order valence-corrected chi connectivity index (χ4v) is 2.58. The fraction of sp³-hybridized carbons (Fsp3) is 0.125. The Morgan fingerprint density at radius 2 is 2.00 bits per heavy atom. The van der Waals surface area contributed by atoms with Gasteiger partial charge in [0.05, 0.1) is 11.1 Å². The average molecular weight is 305 g/mol. The molecule has 3 rings (SSSR count). The fourth-order valence-electron chi connectivity index (χ4n) is 2.36. The van der Waals surface area contributed by atoms with Crippen molar-refractivity contribution in [2.24, 2.45) is 5.84 Å². The third kappa shape index (κ3) is 2.93. The minimum atomic E-state index is -0.268. The Labute approximate surface area is 126 Å². The second-order valence-corrected chi connectivity index (χ2v) is 5.27. The van der Waals surface area contributed by atoms with Gasteiger partial charge >= 0.3 is 0 Å². The number of hydrogen-bond donors (Lipinski definition) is 2. The zero-order chi connectivity index (χ0) is 14.8. The molecule has 0 amide bonds. The summed E-state index contributed by atoms with van der Waals surface area (Å²) in [6.07, 6.45) is 0.520. The second-order valence-electron chi connectivity index (χ2n) is 4.86. The lowest BCUT2D eigenvalue weighted by Gasteiger charge is -2.13. The Balaban J connectivity index is 1.93. The smallest absolute Gasteiger partial charge is 0.152 e. The molecule has 2 aromatic carbocycles. The molecule has 5 heteroatoms. The lowest BCUT2D eigenvalue weighted by atomic mass is 10.0. The van der Waals surface area contributed by atoms with E-state index in [0.29, 0.717) is 22.8 Å². The first kappa shape index (κ1) is 14.1. The van der Waals surface area contributed by atoms with Gasteiger partial charge in [-0.1, -0.05) is 35.9 Å². The summed E-state index contributed by atoms with van der Waals surface area (Å²) in [6, 6.07) is 13.6. The third-order valence-electron chi connectivity index (χ3n) is 3.39. The first-order valence-corrected chi connectivity index (χ1v) is 6.93. The molecule has 108 valence electrons. The van der Waals surface area contributed by atoms with Crippen LogP contribution in [0, 0.1) is 5.82 Å². The van der Waals surface area contributed by atoms with Crippen LogP contribution in [0.5, 0.6) is 0 Å². The molecule has 0 spiro atoms. The van der Waals surface area contributed by atoms with Crippen molar-refractivity contribution in [2.45, 2.75) is 12.5 Å². The van der Waals surface area contributed by atoms with Crippen LogP contribution < -0.4 is 11.3 Å². The topological polar surface area (TPSA) is 51.2 Å². The van der Waals surface area contributed by atoms with Crippen LogP contribution in [0.2, 0.25) is 5.02 Å². The maximum atomic E-state index is 13.3. The van der Waals surface area contributed by atoms with Gasteiger partial charge in [0.2, 0.25) is 0 Å². The highest BCUT2D eigenvalue weighted by Gasteiger charge is 2.17. The molecule has 3 aromatic rings. The first-order chi connectivity index (χ1) is 10.2. The van der Waals surface area contributed by atoms with E-state index in [2.05, 4.69) is 5.43 Å². The number of fused-ring (bicyclic) bond motifs is 1. The van der Waals surface area contributed by atoms with E-state index in [9.17, 15) is 4.39 Å². The highest BCUT2D eigenvalue weighted by Crippen LogP contribution is 2.30. The summed E-state index contributed by atoms with van der Waals surface area (Å²) in [5, 5.41) is 1.47. The van der Waals surface area contributed by atoms with Gasteiger partial charge in [0, 0.05) is 5.39 Å². The van der Waals surface area contributed by atoms with Crippen molar-refractivity contribution in [2.75, 3.05) is 0 Å². The van der Waals surface area contributed by atoms with Gasteiger partial charge in [-0.25, -0.2) is 9.82 Å². The quantitative estimate of drug-likeness (QED) is 0.566. The van der Waals surface area contributed by atoms with Gasteiger partial charge < -0.3 is 4.42 Å². The van der Waals surface area contributed by atoms with E-state index >= 15 is 0 Å². The van der Waals surface area contributed by atoms with Crippen LogP contribution in [-0.2, 0) is 6.42 Å². The monoisotopic (exact) mass is 304 g/mol. The predicted octanol–water partition coefficient (Wildman–Crippen LogP) is 3.97. The first-order valence-electron chi connectivity index (χ1n) is 6.56. The Morgan fingerprint density at radius 3 is 2.71 bits per heavy atom. The lowest BCUT2D eigenvalue weighted by molar-refractivity contribution is 0.434. The maximum absolute atomic E-state index is 13.3. The Morgan fingerprint density at radius 1 is 1.19 bits per heavy atom. The van der Waals surface area contributed by atoms with Crippen LogP contribution in [0.4, 0.5) is 4.39 Å². The van der Waals surface area contributed by atoms with E-state index in [4.69, 9.17) is 21.9 Å². The normalized spacial score (nSPS) is 12.7. The number of rotatable bonds is 4. The maximum Gasteiger partial charge on any atom is 0.152 e. The minimum Gasteiger partial charge on any atom is -0.458 e. The second kappa shape index (κ2) is 5.85. The summed E-state index contributed by atoms with van der Waals surface area (Å²) in [5.41, 5.74) is 4.18. The zero-order valence-corrected chi connectivity index (χ0v) is 11.9. The number of hydrogen-bond acceptors (Lipinski definition) is 3. The molecule has 0 saturated heterocycles. The number of halogens is 2. The van der Waals surface area contributed by atoms with Gasteiger partial charge in [0.1, 0.15) is 11.6 Å². The van der Waals surface area contributed by atoms with Crippen LogP contribution in [0.25, 0.3) is 11.0 Å². The summed E-state index contributed by atoms with van der Waals surface area (Å²) in [6.45, 7) is 0. The summed E-state index contributed by atoms with van der Waals surface area (Å²) >= 11 is 6.10. The van der Waals surface area contributed by atoms with Crippen molar-refractivity contribution in [1.82, 2.24) is 5.43 Å². The molecular formula is C16H14ClFN2O. The molecule has 0 aliphatic carbocycles. The van der Waals surface area contributed by atoms with Crippen molar-refractivity contribution < 1.29 is 8.81 Å². The SMILES string of the molecule is NNC(Cc1cccc(F)c1)c1cc2cccc(Cl)c2o1. The highest BCUT2D eigenvalue weighted by molar-refractivity contribution is 6.34. The minimum absolute atomic E-state index is 0.254. The number of benzene rings is 2. The number of para-hydroxylation sites is 1. The van der Waals surface area contributed by atoms with Crippen molar-refractivity contribution in [1.29, 1.82) is 0 Å². The van der Waals surface area contributed by atoms with E-state index in [0.717, 1.165) is 10.9 Å². The van der Waals surface area contributed by atoms with Gasteiger partial charge in [0.25, 0.3) is 0 Å². The Bertz CT molecular complexity index is 772. The molecule has 21 heavy (non-hydrogen) atoms. The third-order valence-corrected chi connectivity index (χ3v) is 3.69. The molecule has 3 nitrogen and oxygen atoms in total. The molecule has 0 radical (unpaired) electrons. The summed E-state index contributed by atoms with van der Waals surface area (Å²) in [7, 11) is 0. The van der Waals surface area contributed by atoms with E-state index in [1.807, 2.05) is 24.3 Å². The van der Waals surface area contributed by atoms with Gasteiger partial charge in [0.15, 0.2) is 5.58 Å². The summed E-state index contributed by atoms with van der Waals surface area (Å²) in [4.78, 5) is 0. The molecule has 1 unspecified atom stereocenters. The zero-order valence-electron chi connectivity index (χ0n) is 11.1. The molecule has 1 aromatic heterocycles. The number of nitrogens with two attached hydrogens (primary N) is 1. The number of hydrazine groups is 1. The molecule has 1 heterocycles. The molecule has 0 aliphatic heterocycles. The highest BCUT2D eigenvalue weighted by atomic mass is 35.5. The van der Waals surface area contributed by atoms with Crippen LogP contribution in [-0.4, -0.2) is 0 Å². The molecule has 0 bridgehead atoms. The predicted molar refractivity (Wildman–Crippen MR) is 81.4 cm³/mol. The van der Waals surface area contributed by atoms with Crippen LogP contribution in [0.15, 0.2) is 52.9 Å². The molecular weight excluding hydrogens is 291 g/mol. The molecule has 0 saturated carbocycles. The largest absolute Gasteiger partial charge is 0.458 e. The number of nitrogens with one attached hydrogen (secondary N) is 1. The molecule has 3 N–H and O–H groups in total. The molecule has 0 aliphatic rings. The molecule has 1 atom stereocenters. The van der Waals surface area contributed by atoms with Crippen molar-refractivity contribution in [3.63, 3.8) is 0 Å². The van der Waals surface area contributed by atoms with E-state index in [-0.39, 0.29) is 11.9 Å². The Kier molecular flexibility index (Phi) is 3.92. The molecule has 0 fully saturated rings. The van der Waals surface area contributed by atoms with Crippen molar-refractivity contribution >= 4 is 22.6 Å². The average Bonchev–Trinajstić information content (AvgIpc) is 2.90. The lowest BCUT2D eigenvalue weighted by Crippen LogP contribution is -2.29. The van der Waals surface area contributed by atoms with Gasteiger partial charge in [-0.05, 0) is 36.2 Å². The van der Waals surface area contributed by atoms with Crippen LogP contribution in [0.1, 0.15) is 17.4 Å². The van der Waals surface area contributed by atoms with E-state index in [1.54, 1.807) is 12.1 Å².